The van der Waals surface area contributed by atoms with Gasteiger partial charge in [0.25, 0.3) is 0 Å². The fraction of sp³-hybridized carbons (Fsp3) is 0.273. The molecule has 0 bridgehead atoms. The lowest BCUT2D eigenvalue weighted by atomic mass is 10.1. The quantitative estimate of drug-likeness (QED) is 0.546. The third-order valence-corrected chi connectivity index (χ3v) is 5.35. The summed E-state index contributed by atoms with van der Waals surface area (Å²) < 4.78 is 1.91. The van der Waals surface area contributed by atoms with Crippen molar-refractivity contribution in [2.24, 2.45) is 0 Å². The highest BCUT2D eigenvalue weighted by molar-refractivity contribution is 7.99. The number of hydrogen-bond acceptors (Lipinski definition) is 5. The van der Waals surface area contributed by atoms with Crippen LogP contribution in [0.25, 0.3) is 17.1 Å². The smallest absolute Gasteiger partial charge is 0.321 e. The zero-order valence-electron chi connectivity index (χ0n) is 17.8. The molecule has 0 spiro atoms. The van der Waals surface area contributed by atoms with Crippen molar-refractivity contribution in [3.05, 3.63) is 59.1 Å². The average Bonchev–Trinajstić information content (AvgIpc) is 3.09. The maximum atomic E-state index is 12.3. The molecule has 2 aromatic carbocycles. The summed E-state index contributed by atoms with van der Waals surface area (Å²) in [7, 11) is 0. The molecular formula is C22H24ClN5O2S. The summed E-state index contributed by atoms with van der Waals surface area (Å²) >= 11 is 7.24. The van der Waals surface area contributed by atoms with Gasteiger partial charge in [-0.3, -0.25) is 14.7 Å². The minimum Gasteiger partial charge on any atom is -0.333 e. The summed E-state index contributed by atoms with van der Waals surface area (Å²) in [6, 6.07) is 14.7. The van der Waals surface area contributed by atoms with Gasteiger partial charge in [0.15, 0.2) is 11.0 Å². The van der Waals surface area contributed by atoms with Crippen molar-refractivity contribution in [2.75, 3.05) is 5.75 Å². The third-order valence-electron chi connectivity index (χ3n) is 4.17. The number of imide groups is 1. The highest BCUT2D eigenvalue weighted by Crippen LogP contribution is 2.30. The highest BCUT2D eigenvalue weighted by atomic mass is 35.5. The highest BCUT2D eigenvalue weighted by Gasteiger charge is 2.20. The molecule has 9 heteroatoms. The number of carbonyl (C=O) groups is 2. The SMILES string of the molecule is Cc1ccccc1-n1c(SCC(=O)NC(=O)NC(C)(C)C)nnc1-c1ccc(Cl)cc1. The molecule has 0 saturated carbocycles. The van der Waals surface area contributed by atoms with Gasteiger partial charge in [-0.05, 0) is 63.6 Å². The number of urea groups is 1. The molecule has 1 aromatic heterocycles. The largest absolute Gasteiger partial charge is 0.333 e. The number of rotatable bonds is 5. The van der Waals surface area contributed by atoms with Crippen LogP contribution < -0.4 is 10.6 Å². The van der Waals surface area contributed by atoms with Gasteiger partial charge in [0.2, 0.25) is 5.91 Å². The Bertz CT molecular complexity index is 1090. The van der Waals surface area contributed by atoms with Gasteiger partial charge in [-0.25, -0.2) is 4.79 Å². The number of para-hydroxylation sites is 1. The molecule has 0 radical (unpaired) electrons. The average molecular weight is 458 g/mol. The van der Waals surface area contributed by atoms with Crippen molar-refractivity contribution in [2.45, 2.75) is 38.4 Å². The van der Waals surface area contributed by atoms with E-state index in [0.717, 1.165) is 16.8 Å². The Kier molecular flexibility index (Phi) is 7.02. The van der Waals surface area contributed by atoms with Crippen LogP contribution in [0.15, 0.2) is 53.7 Å². The van der Waals surface area contributed by atoms with E-state index in [1.54, 1.807) is 12.1 Å². The predicted molar refractivity (Wildman–Crippen MR) is 124 cm³/mol. The molecule has 0 aliphatic carbocycles. The molecule has 1 heterocycles. The zero-order valence-corrected chi connectivity index (χ0v) is 19.3. The summed E-state index contributed by atoms with van der Waals surface area (Å²) in [5.74, 6) is 0.237. The Morgan fingerprint density at radius 2 is 1.74 bits per heavy atom. The van der Waals surface area contributed by atoms with Gasteiger partial charge in [0, 0.05) is 16.1 Å². The molecule has 2 N–H and O–H groups in total. The van der Waals surface area contributed by atoms with E-state index in [9.17, 15) is 9.59 Å². The van der Waals surface area contributed by atoms with Crippen LogP contribution in [0.2, 0.25) is 5.02 Å². The molecular weight excluding hydrogens is 434 g/mol. The van der Waals surface area contributed by atoms with Crippen LogP contribution in [-0.2, 0) is 4.79 Å². The number of thioether (sulfide) groups is 1. The van der Waals surface area contributed by atoms with Crippen LogP contribution in [0.3, 0.4) is 0 Å². The molecule has 0 fully saturated rings. The van der Waals surface area contributed by atoms with Gasteiger partial charge in [0.05, 0.1) is 11.4 Å². The molecule has 3 aromatic rings. The van der Waals surface area contributed by atoms with Crippen molar-refractivity contribution in [1.82, 2.24) is 25.4 Å². The van der Waals surface area contributed by atoms with Crippen LogP contribution >= 0.6 is 23.4 Å². The molecule has 0 saturated heterocycles. The van der Waals surface area contributed by atoms with Crippen LogP contribution in [0.4, 0.5) is 4.79 Å². The summed E-state index contributed by atoms with van der Waals surface area (Å²) in [6.07, 6.45) is 0. The number of aryl methyl sites for hydroxylation is 1. The topological polar surface area (TPSA) is 88.9 Å². The Labute approximate surface area is 190 Å². The Hall–Kier alpha value is -2.84. The van der Waals surface area contributed by atoms with E-state index in [4.69, 9.17) is 11.6 Å². The van der Waals surface area contributed by atoms with E-state index < -0.39 is 17.5 Å². The van der Waals surface area contributed by atoms with E-state index in [1.807, 2.05) is 68.7 Å². The Balaban J connectivity index is 1.85. The number of halogens is 1. The number of hydrogen-bond donors (Lipinski definition) is 2. The molecule has 162 valence electrons. The molecule has 0 aliphatic rings. The van der Waals surface area contributed by atoms with Crippen LogP contribution in [0.1, 0.15) is 26.3 Å². The molecule has 3 rings (SSSR count). The number of amides is 3. The number of carbonyl (C=O) groups excluding carboxylic acids is 2. The van der Waals surface area contributed by atoms with Crippen molar-refractivity contribution < 1.29 is 9.59 Å². The van der Waals surface area contributed by atoms with Gasteiger partial charge < -0.3 is 5.32 Å². The normalized spacial score (nSPS) is 11.3. The molecule has 0 atom stereocenters. The van der Waals surface area contributed by atoms with Crippen molar-refractivity contribution in [3.63, 3.8) is 0 Å². The van der Waals surface area contributed by atoms with E-state index in [0.29, 0.717) is 16.0 Å². The van der Waals surface area contributed by atoms with Gasteiger partial charge in [-0.15, -0.1) is 10.2 Å². The van der Waals surface area contributed by atoms with Gasteiger partial charge >= 0.3 is 6.03 Å². The summed E-state index contributed by atoms with van der Waals surface area (Å²) in [6.45, 7) is 7.53. The first kappa shape index (κ1) is 22.8. The van der Waals surface area contributed by atoms with E-state index in [-0.39, 0.29) is 5.75 Å². The number of nitrogens with zero attached hydrogens (tertiary/aromatic N) is 3. The Morgan fingerprint density at radius 1 is 1.06 bits per heavy atom. The van der Waals surface area contributed by atoms with Crippen molar-refractivity contribution >= 4 is 35.3 Å². The van der Waals surface area contributed by atoms with E-state index in [1.165, 1.54) is 11.8 Å². The lowest BCUT2D eigenvalue weighted by molar-refractivity contribution is -0.117. The predicted octanol–water partition coefficient (Wildman–Crippen LogP) is 4.61. The summed E-state index contributed by atoms with van der Waals surface area (Å²) in [5.41, 5.74) is 2.36. The molecule has 3 amide bonds. The van der Waals surface area contributed by atoms with Crippen LogP contribution in [0, 0.1) is 6.92 Å². The zero-order chi connectivity index (χ0) is 22.6. The first-order valence-electron chi connectivity index (χ1n) is 9.66. The number of nitrogens with one attached hydrogen (secondary N) is 2. The Morgan fingerprint density at radius 3 is 2.39 bits per heavy atom. The fourth-order valence-electron chi connectivity index (χ4n) is 2.85. The fourth-order valence-corrected chi connectivity index (χ4v) is 3.72. The lowest BCUT2D eigenvalue weighted by Crippen LogP contribution is -2.48. The standard InChI is InChI=1S/C22H24ClN5O2S/c1-14-7-5-6-8-17(14)28-19(15-9-11-16(23)12-10-15)26-27-21(28)31-13-18(29)24-20(30)25-22(2,3)4/h5-12H,13H2,1-4H3,(H2,24,25,29,30). The first-order chi connectivity index (χ1) is 14.6. The summed E-state index contributed by atoms with van der Waals surface area (Å²) in [5, 5.41) is 14.9. The summed E-state index contributed by atoms with van der Waals surface area (Å²) in [4.78, 5) is 24.2. The van der Waals surface area contributed by atoms with Gasteiger partial charge in [0.1, 0.15) is 0 Å². The maximum Gasteiger partial charge on any atom is 0.321 e. The van der Waals surface area contributed by atoms with E-state index in [2.05, 4.69) is 20.8 Å². The second-order valence-corrected chi connectivity index (χ2v) is 9.35. The van der Waals surface area contributed by atoms with Gasteiger partial charge in [-0.1, -0.05) is 41.6 Å². The second kappa shape index (κ2) is 9.53. The van der Waals surface area contributed by atoms with Gasteiger partial charge in [-0.2, -0.15) is 0 Å². The number of aromatic nitrogens is 3. The third kappa shape index (κ3) is 6.08. The molecule has 0 aliphatic heterocycles. The number of benzene rings is 2. The minimum atomic E-state index is -0.527. The second-order valence-electron chi connectivity index (χ2n) is 7.98. The monoisotopic (exact) mass is 457 g/mol. The van der Waals surface area contributed by atoms with Crippen LogP contribution in [-0.4, -0.2) is 38.0 Å². The molecule has 0 unspecified atom stereocenters. The van der Waals surface area contributed by atoms with Crippen LogP contribution in [0.5, 0.6) is 0 Å². The first-order valence-corrected chi connectivity index (χ1v) is 11.0. The molecule has 31 heavy (non-hydrogen) atoms. The lowest BCUT2D eigenvalue weighted by Gasteiger charge is -2.20. The van der Waals surface area contributed by atoms with Crippen molar-refractivity contribution in [3.8, 4) is 17.1 Å². The van der Waals surface area contributed by atoms with Crippen molar-refractivity contribution in [1.29, 1.82) is 0 Å². The maximum absolute atomic E-state index is 12.3. The molecule has 7 nitrogen and oxygen atoms in total. The minimum absolute atomic E-state index is 0.0161. The van der Waals surface area contributed by atoms with E-state index >= 15 is 0 Å².